The van der Waals surface area contributed by atoms with Gasteiger partial charge in [0.05, 0.1) is 5.92 Å². The van der Waals surface area contributed by atoms with E-state index in [1.54, 1.807) is 24.3 Å². The van der Waals surface area contributed by atoms with Crippen LogP contribution < -0.4 is 5.73 Å². The van der Waals surface area contributed by atoms with Gasteiger partial charge in [-0.3, -0.25) is 4.90 Å². The fourth-order valence-corrected chi connectivity index (χ4v) is 4.06. The van der Waals surface area contributed by atoms with E-state index in [4.69, 9.17) is 10.5 Å². The number of rotatable bonds is 3. The largest absolute Gasteiger partial charge is 0.440 e. The van der Waals surface area contributed by atoms with E-state index >= 15 is 0 Å². The van der Waals surface area contributed by atoms with Crippen molar-refractivity contribution in [2.45, 2.75) is 25.8 Å². The van der Waals surface area contributed by atoms with Crippen molar-refractivity contribution in [3.8, 4) is 6.07 Å². The standard InChI is InChI=1S/C25H23F2N3O/c1-15(2)30-13-18(11-16-3-7-19(26)8-4-16)24-22(14-30)23(21(12-28)25(29)31-24)17-5-9-20(27)10-6-17/h3-11,15,23H,13-14,29H2,1-2H3. The van der Waals surface area contributed by atoms with Gasteiger partial charge in [0.1, 0.15) is 29.0 Å². The Morgan fingerprint density at radius 1 is 1.06 bits per heavy atom. The lowest BCUT2D eigenvalue weighted by molar-refractivity contribution is 0.208. The highest BCUT2D eigenvalue weighted by Gasteiger charge is 2.38. The van der Waals surface area contributed by atoms with Crippen LogP contribution in [0.3, 0.4) is 0 Å². The molecule has 2 N–H and O–H groups in total. The van der Waals surface area contributed by atoms with Gasteiger partial charge in [-0.15, -0.1) is 0 Å². The normalized spacial score (nSPS) is 20.6. The number of hydrogen-bond acceptors (Lipinski definition) is 4. The maximum Gasteiger partial charge on any atom is 0.205 e. The van der Waals surface area contributed by atoms with Crippen molar-refractivity contribution in [1.29, 1.82) is 5.26 Å². The van der Waals surface area contributed by atoms with Gasteiger partial charge in [-0.05, 0) is 60.9 Å². The number of hydrogen-bond donors (Lipinski definition) is 1. The summed E-state index contributed by atoms with van der Waals surface area (Å²) in [6.07, 6.45) is 1.95. The van der Waals surface area contributed by atoms with Crippen LogP contribution in [-0.2, 0) is 4.74 Å². The molecule has 2 aliphatic heterocycles. The predicted molar refractivity (Wildman–Crippen MR) is 115 cm³/mol. The van der Waals surface area contributed by atoms with E-state index in [0.717, 1.165) is 22.3 Å². The maximum atomic E-state index is 13.6. The van der Waals surface area contributed by atoms with Gasteiger partial charge in [-0.25, -0.2) is 8.78 Å². The zero-order valence-corrected chi connectivity index (χ0v) is 17.4. The Labute approximate surface area is 180 Å². The molecule has 158 valence electrons. The maximum absolute atomic E-state index is 13.6. The molecule has 31 heavy (non-hydrogen) atoms. The number of halogens is 2. The number of nitrogens with two attached hydrogens (primary N) is 1. The predicted octanol–water partition coefficient (Wildman–Crippen LogP) is 4.83. The van der Waals surface area contributed by atoms with Crippen molar-refractivity contribution in [2.24, 2.45) is 5.73 Å². The summed E-state index contributed by atoms with van der Waals surface area (Å²) in [7, 11) is 0. The average Bonchev–Trinajstić information content (AvgIpc) is 2.75. The molecule has 0 saturated carbocycles. The molecule has 0 bridgehead atoms. The van der Waals surface area contributed by atoms with Crippen molar-refractivity contribution in [3.05, 3.63) is 99.7 Å². The zero-order chi connectivity index (χ0) is 22.1. The smallest absolute Gasteiger partial charge is 0.205 e. The summed E-state index contributed by atoms with van der Waals surface area (Å²) in [5.41, 5.74) is 9.90. The Bertz CT molecular complexity index is 1120. The van der Waals surface area contributed by atoms with E-state index in [1.807, 2.05) is 6.08 Å². The van der Waals surface area contributed by atoms with Crippen LogP contribution in [0.4, 0.5) is 8.78 Å². The van der Waals surface area contributed by atoms with Crippen LogP contribution in [0.5, 0.6) is 0 Å². The van der Waals surface area contributed by atoms with Gasteiger partial charge in [0, 0.05) is 24.7 Å². The van der Waals surface area contributed by atoms with Gasteiger partial charge in [0.25, 0.3) is 0 Å². The number of ether oxygens (including phenoxy) is 1. The Morgan fingerprint density at radius 2 is 1.68 bits per heavy atom. The van der Waals surface area contributed by atoms with E-state index in [2.05, 4.69) is 24.8 Å². The summed E-state index contributed by atoms with van der Waals surface area (Å²) in [6.45, 7) is 5.42. The summed E-state index contributed by atoms with van der Waals surface area (Å²) in [6, 6.07) is 14.8. The highest BCUT2D eigenvalue weighted by atomic mass is 19.1. The number of nitrogens with zero attached hydrogens (tertiary/aromatic N) is 2. The van der Waals surface area contributed by atoms with Crippen molar-refractivity contribution in [3.63, 3.8) is 0 Å². The molecule has 4 rings (SSSR count). The lowest BCUT2D eigenvalue weighted by atomic mass is 9.80. The van der Waals surface area contributed by atoms with Gasteiger partial charge < -0.3 is 10.5 Å². The summed E-state index contributed by atoms with van der Waals surface area (Å²) in [5, 5.41) is 9.81. The Balaban J connectivity index is 1.88. The van der Waals surface area contributed by atoms with E-state index in [0.29, 0.717) is 24.4 Å². The number of benzene rings is 2. The minimum absolute atomic E-state index is 0.0542. The summed E-state index contributed by atoms with van der Waals surface area (Å²) >= 11 is 0. The molecule has 0 aromatic heterocycles. The van der Waals surface area contributed by atoms with Crippen molar-refractivity contribution in [2.75, 3.05) is 13.1 Å². The monoisotopic (exact) mass is 419 g/mol. The van der Waals surface area contributed by atoms with Gasteiger partial charge in [0.15, 0.2) is 0 Å². The summed E-state index contributed by atoms with van der Waals surface area (Å²) in [5.74, 6) is -0.381. The second-order valence-corrected chi connectivity index (χ2v) is 8.05. The Hall–Kier alpha value is -3.43. The molecule has 6 heteroatoms. The fourth-order valence-electron chi connectivity index (χ4n) is 4.06. The Morgan fingerprint density at radius 3 is 2.26 bits per heavy atom. The Kier molecular flexibility index (Phi) is 5.62. The topological polar surface area (TPSA) is 62.3 Å². The van der Waals surface area contributed by atoms with Gasteiger partial charge in [0.2, 0.25) is 5.88 Å². The molecule has 0 amide bonds. The van der Waals surface area contributed by atoms with E-state index in [1.165, 1.54) is 24.3 Å². The first-order valence-corrected chi connectivity index (χ1v) is 10.1. The molecule has 1 atom stereocenters. The molecule has 0 radical (unpaired) electrons. The minimum Gasteiger partial charge on any atom is -0.440 e. The summed E-state index contributed by atoms with van der Waals surface area (Å²) < 4.78 is 32.9. The van der Waals surface area contributed by atoms with Crippen LogP contribution in [0.2, 0.25) is 0 Å². The quantitative estimate of drug-likeness (QED) is 0.774. The molecule has 2 aromatic carbocycles. The third-order valence-corrected chi connectivity index (χ3v) is 5.71. The van der Waals surface area contributed by atoms with Gasteiger partial charge in [-0.2, -0.15) is 5.26 Å². The first kappa shape index (κ1) is 20.8. The van der Waals surface area contributed by atoms with Crippen LogP contribution in [0.25, 0.3) is 6.08 Å². The van der Waals surface area contributed by atoms with Crippen LogP contribution in [0.15, 0.2) is 76.9 Å². The zero-order valence-electron chi connectivity index (χ0n) is 17.4. The first-order valence-electron chi connectivity index (χ1n) is 10.1. The molecule has 1 unspecified atom stereocenters. The molecule has 2 heterocycles. The molecule has 0 fully saturated rings. The molecule has 0 aliphatic carbocycles. The van der Waals surface area contributed by atoms with Gasteiger partial charge in [-0.1, -0.05) is 24.3 Å². The van der Waals surface area contributed by atoms with E-state index < -0.39 is 5.92 Å². The van der Waals surface area contributed by atoms with Gasteiger partial charge >= 0.3 is 0 Å². The lowest BCUT2D eigenvalue weighted by Gasteiger charge is -2.39. The third-order valence-electron chi connectivity index (χ3n) is 5.71. The van der Waals surface area contributed by atoms with Crippen LogP contribution in [-0.4, -0.2) is 24.0 Å². The average molecular weight is 419 g/mol. The second kappa shape index (κ2) is 8.37. The molecule has 0 spiro atoms. The van der Waals surface area contributed by atoms with Crippen molar-refractivity contribution in [1.82, 2.24) is 4.90 Å². The number of nitriles is 1. The first-order chi connectivity index (χ1) is 14.9. The molecule has 2 aliphatic rings. The van der Waals surface area contributed by atoms with Crippen LogP contribution in [0.1, 0.15) is 30.9 Å². The minimum atomic E-state index is -0.424. The van der Waals surface area contributed by atoms with Crippen LogP contribution in [0, 0.1) is 23.0 Å². The van der Waals surface area contributed by atoms with Crippen molar-refractivity contribution < 1.29 is 13.5 Å². The SMILES string of the molecule is CC(C)N1CC(=Cc2ccc(F)cc2)C2=C(C1)C(c1ccc(F)cc1)C(C#N)=C(N)O2. The van der Waals surface area contributed by atoms with Crippen LogP contribution >= 0.6 is 0 Å². The molecular weight excluding hydrogens is 396 g/mol. The lowest BCUT2D eigenvalue weighted by Crippen LogP contribution is -2.41. The third kappa shape index (κ3) is 4.10. The molecule has 4 nitrogen and oxygen atoms in total. The van der Waals surface area contributed by atoms with E-state index in [-0.39, 0.29) is 23.6 Å². The molecule has 0 saturated heterocycles. The van der Waals surface area contributed by atoms with Crippen molar-refractivity contribution >= 4 is 6.08 Å². The molecular formula is C25H23F2N3O. The van der Waals surface area contributed by atoms with E-state index in [9.17, 15) is 14.0 Å². The highest BCUT2D eigenvalue weighted by molar-refractivity contribution is 5.63. The summed E-state index contributed by atoms with van der Waals surface area (Å²) in [4.78, 5) is 2.27. The molecule has 2 aromatic rings. The fraction of sp³-hybridized carbons (Fsp3) is 0.240. The number of allylic oxidation sites excluding steroid dienone is 1. The highest BCUT2D eigenvalue weighted by Crippen LogP contribution is 2.44. The second-order valence-electron chi connectivity index (χ2n) is 8.05.